The van der Waals surface area contributed by atoms with E-state index in [2.05, 4.69) is 22.9 Å². The molecule has 2 amide bonds. The molecule has 144 valence electrons. The van der Waals surface area contributed by atoms with Crippen LogP contribution >= 0.6 is 0 Å². The molecule has 0 spiro atoms. The third kappa shape index (κ3) is 6.33. The van der Waals surface area contributed by atoms with E-state index in [0.717, 1.165) is 23.4 Å². The summed E-state index contributed by atoms with van der Waals surface area (Å²) in [6.07, 6.45) is 1.35. The molecule has 0 aliphatic heterocycles. The largest absolute Gasteiger partial charge is 0.494 e. The summed E-state index contributed by atoms with van der Waals surface area (Å²) in [7, 11) is 0. The van der Waals surface area contributed by atoms with Crippen LogP contribution in [0, 0.1) is 6.92 Å². The lowest BCUT2D eigenvalue weighted by molar-refractivity contribution is -0.116. The van der Waals surface area contributed by atoms with E-state index in [1.165, 1.54) is 0 Å². The summed E-state index contributed by atoms with van der Waals surface area (Å²) >= 11 is 0. The van der Waals surface area contributed by atoms with Crippen molar-refractivity contribution >= 4 is 28.9 Å². The van der Waals surface area contributed by atoms with Crippen molar-refractivity contribution < 1.29 is 14.3 Å². The normalized spacial score (nSPS) is 10.2. The van der Waals surface area contributed by atoms with Crippen molar-refractivity contribution in [3.8, 4) is 5.75 Å². The minimum atomic E-state index is -0.169. The molecule has 0 aliphatic carbocycles. The summed E-state index contributed by atoms with van der Waals surface area (Å²) in [6.45, 7) is 6.50. The van der Waals surface area contributed by atoms with Crippen LogP contribution in [0.3, 0.4) is 0 Å². The number of amides is 2. The van der Waals surface area contributed by atoms with E-state index in [-0.39, 0.29) is 18.4 Å². The van der Waals surface area contributed by atoms with E-state index in [1.807, 2.05) is 43.3 Å². The van der Waals surface area contributed by atoms with E-state index >= 15 is 0 Å². The number of hydrogen-bond donors (Lipinski definition) is 3. The SMILES string of the molecule is CCCOc1cccc(NCC(=O)Nc2cccc(NC(=O)CC)c2C)c1. The number of nitrogens with one attached hydrogen (secondary N) is 3. The van der Waals surface area contributed by atoms with Crippen LogP contribution in [0.25, 0.3) is 0 Å². The second-order valence-electron chi connectivity index (χ2n) is 6.16. The number of anilines is 3. The van der Waals surface area contributed by atoms with Crippen molar-refractivity contribution in [2.75, 3.05) is 29.1 Å². The van der Waals surface area contributed by atoms with Gasteiger partial charge in [0.05, 0.1) is 13.2 Å². The van der Waals surface area contributed by atoms with Crippen molar-refractivity contribution in [3.63, 3.8) is 0 Å². The first-order chi connectivity index (χ1) is 13.0. The van der Waals surface area contributed by atoms with E-state index < -0.39 is 0 Å². The molecule has 2 aromatic carbocycles. The monoisotopic (exact) mass is 369 g/mol. The smallest absolute Gasteiger partial charge is 0.243 e. The Morgan fingerprint density at radius 3 is 2.30 bits per heavy atom. The Bertz CT molecular complexity index is 790. The molecule has 0 aliphatic rings. The van der Waals surface area contributed by atoms with E-state index in [0.29, 0.717) is 24.4 Å². The van der Waals surface area contributed by atoms with E-state index in [4.69, 9.17) is 4.74 Å². The Labute approximate surface area is 160 Å². The van der Waals surface area contributed by atoms with Crippen LogP contribution in [-0.4, -0.2) is 25.0 Å². The van der Waals surface area contributed by atoms with E-state index in [9.17, 15) is 9.59 Å². The molecule has 0 unspecified atom stereocenters. The van der Waals surface area contributed by atoms with Crippen molar-refractivity contribution in [1.29, 1.82) is 0 Å². The van der Waals surface area contributed by atoms with Gasteiger partial charge in [-0.25, -0.2) is 0 Å². The molecule has 3 N–H and O–H groups in total. The topological polar surface area (TPSA) is 79.5 Å². The van der Waals surface area contributed by atoms with Gasteiger partial charge in [-0.1, -0.05) is 26.0 Å². The summed E-state index contributed by atoms with van der Waals surface area (Å²) in [5.41, 5.74) is 3.02. The summed E-state index contributed by atoms with van der Waals surface area (Å²) in [5, 5.41) is 8.81. The molecular formula is C21H27N3O3. The van der Waals surface area contributed by atoms with Crippen molar-refractivity contribution in [3.05, 3.63) is 48.0 Å². The molecule has 0 heterocycles. The third-order valence-electron chi connectivity index (χ3n) is 3.96. The van der Waals surface area contributed by atoms with Crippen molar-refractivity contribution in [1.82, 2.24) is 0 Å². The van der Waals surface area contributed by atoms with Gasteiger partial charge in [0.2, 0.25) is 11.8 Å². The molecule has 2 aromatic rings. The van der Waals surface area contributed by atoms with Crippen molar-refractivity contribution in [2.45, 2.75) is 33.6 Å². The number of benzene rings is 2. The van der Waals surface area contributed by atoms with Gasteiger partial charge in [-0.3, -0.25) is 9.59 Å². The standard InChI is InChI=1S/C21H27N3O3/c1-4-12-27-17-9-6-8-16(13-17)22-14-21(26)24-19-11-7-10-18(15(19)3)23-20(25)5-2/h6-11,13,22H,4-5,12,14H2,1-3H3,(H,23,25)(H,24,26). The average Bonchev–Trinajstić information content (AvgIpc) is 2.68. The lowest BCUT2D eigenvalue weighted by Gasteiger charge is -2.14. The maximum Gasteiger partial charge on any atom is 0.243 e. The molecule has 0 fully saturated rings. The minimum Gasteiger partial charge on any atom is -0.494 e. The Balaban J connectivity index is 1.94. The molecule has 0 saturated carbocycles. The molecule has 0 atom stereocenters. The lowest BCUT2D eigenvalue weighted by Crippen LogP contribution is -2.22. The molecule has 27 heavy (non-hydrogen) atoms. The van der Waals surface area contributed by atoms with Gasteiger partial charge in [-0.05, 0) is 43.2 Å². The first kappa shape index (κ1) is 20.3. The molecule has 0 radical (unpaired) electrons. The predicted molar refractivity (Wildman–Crippen MR) is 109 cm³/mol. The number of hydrogen-bond acceptors (Lipinski definition) is 4. The summed E-state index contributed by atoms with van der Waals surface area (Å²) < 4.78 is 5.59. The molecule has 0 saturated heterocycles. The average molecular weight is 369 g/mol. The molecule has 6 heteroatoms. The summed E-state index contributed by atoms with van der Waals surface area (Å²) in [5.74, 6) is 0.544. The van der Waals surface area contributed by atoms with Crippen LogP contribution in [0.1, 0.15) is 32.3 Å². The summed E-state index contributed by atoms with van der Waals surface area (Å²) in [6, 6.07) is 13.0. The van der Waals surface area contributed by atoms with Crippen molar-refractivity contribution in [2.24, 2.45) is 0 Å². The highest BCUT2D eigenvalue weighted by molar-refractivity contribution is 5.97. The molecular weight excluding hydrogens is 342 g/mol. The Morgan fingerprint density at radius 1 is 0.963 bits per heavy atom. The second-order valence-corrected chi connectivity index (χ2v) is 6.16. The highest BCUT2D eigenvalue weighted by Crippen LogP contribution is 2.23. The first-order valence-corrected chi connectivity index (χ1v) is 9.19. The Hall–Kier alpha value is -3.02. The van der Waals surface area contributed by atoms with Gasteiger partial charge in [-0.2, -0.15) is 0 Å². The minimum absolute atomic E-state index is 0.0617. The molecule has 6 nitrogen and oxygen atoms in total. The van der Waals surface area contributed by atoms with Gasteiger partial charge in [0.25, 0.3) is 0 Å². The fourth-order valence-corrected chi connectivity index (χ4v) is 2.44. The fraction of sp³-hybridized carbons (Fsp3) is 0.333. The van der Waals surface area contributed by atoms with Gasteiger partial charge in [0, 0.05) is 29.5 Å². The zero-order valence-electron chi connectivity index (χ0n) is 16.1. The van der Waals surface area contributed by atoms with Crippen LogP contribution in [0.4, 0.5) is 17.1 Å². The molecule has 0 aromatic heterocycles. The van der Waals surface area contributed by atoms with Gasteiger partial charge >= 0.3 is 0 Å². The number of carbonyl (C=O) groups excluding carboxylic acids is 2. The lowest BCUT2D eigenvalue weighted by atomic mass is 10.1. The van der Waals surface area contributed by atoms with Crippen LogP contribution < -0.4 is 20.7 Å². The number of ether oxygens (including phenoxy) is 1. The Morgan fingerprint density at radius 2 is 1.63 bits per heavy atom. The third-order valence-corrected chi connectivity index (χ3v) is 3.96. The van der Waals surface area contributed by atoms with Crippen LogP contribution in [0.2, 0.25) is 0 Å². The zero-order chi connectivity index (χ0) is 19.6. The van der Waals surface area contributed by atoms with Gasteiger partial charge in [0.1, 0.15) is 5.75 Å². The van der Waals surface area contributed by atoms with Crippen LogP contribution in [0.5, 0.6) is 5.75 Å². The highest BCUT2D eigenvalue weighted by Gasteiger charge is 2.09. The number of rotatable bonds is 9. The van der Waals surface area contributed by atoms with Gasteiger partial charge in [0.15, 0.2) is 0 Å². The second kappa shape index (κ2) is 10.2. The highest BCUT2D eigenvalue weighted by atomic mass is 16.5. The Kier molecular flexibility index (Phi) is 7.67. The fourth-order valence-electron chi connectivity index (χ4n) is 2.44. The van der Waals surface area contributed by atoms with Crippen LogP contribution in [0.15, 0.2) is 42.5 Å². The van der Waals surface area contributed by atoms with Gasteiger partial charge in [-0.15, -0.1) is 0 Å². The zero-order valence-corrected chi connectivity index (χ0v) is 16.1. The van der Waals surface area contributed by atoms with E-state index in [1.54, 1.807) is 13.0 Å². The maximum absolute atomic E-state index is 12.3. The molecule has 2 rings (SSSR count). The maximum atomic E-state index is 12.3. The first-order valence-electron chi connectivity index (χ1n) is 9.19. The predicted octanol–water partition coefficient (Wildman–Crippen LogP) is 4.18. The molecule has 0 bridgehead atoms. The summed E-state index contributed by atoms with van der Waals surface area (Å²) in [4.78, 5) is 23.9. The van der Waals surface area contributed by atoms with Crippen LogP contribution in [-0.2, 0) is 9.59 Å². The number of carbonyl (C=O) groups is 2. The quantitative estimate of drug-likeness (QED) is 0.619. The van der Waals surface area contributed by atoms with Gasteiger partial charge < -0.3 is 20.7 Å².